The fraction of sp³-hybridized carbons (Fsp3) is 0. The Labute approximate surface area is 372 Å². The van der Waals surface area contributed by atoms with Crippen molar-refractivity contribution in [2.45, 2.75) is 0 Å². The van der Waals surface area contributed by atoms with Crippen molar-refractivity contribution < 1.29 is 0 Å². The van der Waals surface area contributed by atoms with E-state index in [1.54, 1.807) is 0 Å². The molecule has 0 aliphatic carbocycles. The summed E-state index contributed by atoms with van der Waals surface area (Å²) in [5.74, 6) is 0. The maximum absolute atomic E-state index is 2.46. The molecule has 0 aliphatic heterocycles. The van der Waals surface area contributed by atoms with Crippen LogP contribution in [0.2, 0.25) is 0 Å². The molecule has 12 rings (SSSR count). The van der Waals surface area contributed by atoms with Crippen molar-refractivity contribution in [1.82, 2.24) is 9.13 Å². The van der Waals surface area contributed by atoms with Crippen molar-refractivity contribution in [1.29, 1.82) is 0 Å². The van der Waals surface area contributed by atoms with Crippen LogP contribution in [0.5, 0.6) is 0 Å². The third-order valence-corrected chi connectivity index (χ3v) is 12.4. The number of hydrogen-bond acceptors (Lipinski definition) is 2. The van der Waals surface area contributed by atoms with Crippen LogP contribution >= 0.6 is 0 Å². The zero-order valence-electron chi connectivity index (χ0n) is 35.0. The molecule has 0 saturated carbocycles. The van der Waals surface area contributed by atoms with Gasteiger partial charge in [0.15, 0.2) is 0 Å². The van der Waals surface area contributed by atoms with Crippen molar-refractivity contribution in [2.75, 3.05) is 9.80 Å². The van der Waals surface area contributed by atoms with E-state index >= 15 is 0 Å². The maximum atomic E-state index is 2.46. The van der Waals surface area contributed by atoms with Crippen molar-refractivity contribution >= 4 is 77.7 Å². The van der Waals surface area contributed by atoms with Crippen LogP contribution in [0.15, 0.2) is 255 Å². The average molecular weight is 819 g/mol. The summed E-state index contributed by atoms with van der Waals surface area (Å²) in [6, 6.07) is 91.9. The molecular weight excluding hydrogens is 777 g/mol. The predicted molar refractivity (Wildman–Crippen MR) is 270 cm³/mol. The Morgan fingerprint density at radius 2 is 0.656 bits per heavy atom. The first kappa shape index (κ1) is 37.2. The summed E-state index contributed by atoms with van der Waals surface area (Å²) >= 11 is 0. The van der Waals surface area contributed by atoms with Gasteiger partial charge in [-0.1, -0.05) is 158 Å². The quantitative estimate of drug-likeness (QED) is 0.144. The largest absolute Gasteiger partial charge is 0.310 e. The summed E-state index contributed by atoms with van der Waals surface area (Å²) in [6.07, 6.45) is 0. The first-order valence-corrected chi connectivity index (χ1v) is 21.9. The van der Waals surface area contributed by atoms with Gasteiger partial charge in [-0.05, 0) is 108 Å². The Balaban J connectivity index is 1.20. The van der Waals surface area contributed by atoms with Crippen molar-refractivity contribution in [3.8, 4) is 22.5 Å². The van der Waals surface area contributed by atoms with Crippen LogP contribution in [0.1, 0.15) is 0 Å². The summed E-state index contributed by atoms with van der Waals surface area (Å²) < 4.78 is 4.85. The second-order valence-corrected chi connectivity index (χ2v) is 16.2. The predicted octanol–water partition coefficient (Wildman–Crippen LogP) is 16.5. The molecule has 10 aromatic carbocycles. The van der Waals surface area contributed by atoms with Gasteiger partial charge in [0, 0.05) is 50.0 Å². The molecule has 0 bridgehead atoms. The molecule has 64 heavy (non-hydrogen) atoms. The molecule has 302 valence electrons. The van der Waals surface area contributed by atoms with E-state index in [-0.39, 0.29) is 0 Å². The monoisotopic (exact) mass is 818 g/mol. The molecule has 12 aromatic rings. The second kappa shape index (κ2) is 15.7. The van der Waals surface area contributed by atoms with E-state index in [1.807, 2.05) is 0 Å². The lowest BCUT2D eigenvalue weighted by atomic mass is 10.0. The summed E-state index contributed by atoms with van der Waals surface area (Å²) in [5.41, 5.74) is 15.6. The van der Waals surface area contributed by atoms with E-state index in [9.17, 15) is 0 Å². The molecule has 2 heterocycles. The Hall–Kier alpha value is -8.60. The van der Waals surface area contributed by atoms with E-state index in [1.165, 1.54) is 38.2 Å². The molecule has 0 unspecified atom stereocenters. The maximum Gasteiger partial charge on any atom is 0.0583 e. The number of benzene rings is 10. The van der Waals surface area contributed by atoms with Crippen LogP contribution in [0.25, 0.3) is 66.1 Å². The van der Waals surface area contributed by atoms with Gasteiger partial charge in [-0.2, -0.15) is 0 Å². The van der Waals surface area contributed by atoms with E-state index in [0.717, 1.165) is 62.0 Å². The Bertz CT molecular complexity index is 3540. The highest BCUT2D eigenvalue weighted by atomic mass is 15.2. The molecular formula is C60H42N4. The minimum atomic E-state index is 1.04. The third kappa shape index (κ3) is 6.23. The van der Waals surface area contributed by atoms with Crippen molar-refractivity contribution in [3.63, 3.8) is 0 Å². The summed E-state index contributed by atoms with van der Waals surface area (Å²) in [4.78, 5) is 4.88. The van der Waals surface area contributed by atoms with Crippen molar-refractivity contribution in [2.24, 2.45) is 0 Å². The number of hydrogen-bond donors (Lipinski definition) is 0. The first-order chi connectivity index (χ1) is 31.8. The van der Waals surface area contributed by atoms with Gasteiger partial charge >= 0.3 is 0 Å². The van der Waals surface area contributed by atoms with E-state index in [4.69, 9.17) is 0 Å². The topological polar surface area (TPSA) is 16.3 Å². The minimum absolute atomic E-state index is 1.04. The van der Waals surface area contributed by atoms with Gasteiger partial charge in [-0.15, -0.1) is 0 Å². The highest BCUT2D eigenvalue weighted by Gasteiger charge is 2.26. The summed E-state index contributed by atoms with van der Waals surface area (Å²) in [5, 5.41) is 4.74. The van der Waals surface area contributed by atoms with Gasteiger partial charge in [0.25, 0.3) is 0 Å². The van der Waals surface area contributed by atoms with Gasteiger partial charge in [0.05, 0.1) is 39.1 Å². The SMILES string of the molecule is c1ccc(-c2ccc(-n3c4ccccc4c4c(N(c5ccccc5)c5ccccc5)cc(N(c5ccccc5)c5cccc6c5c5ccccc5n6-c5ccccc5)cc43)cc2)cc1. The zero-order valence-corrected chi connectivity index (χ0v) is 35.0. The fourth-order valence-electron chi connectivity index (χ4n) is 9.70. The van der Waals surface area contributed by atoms with E-state index < -0.39 is 0 Å². The normalized spacial score (nSPS) is 11.4. The Morgan fingerprint density at radius 3 is 1.22 bits per heavy atom. The molecule has 0 amide bonds. The minimum Gasteiger partial charge on any atom is -0.310 e. The molecule has 0 spiro atoms. The van der Waals surface area contributed by atoms with Crippen LogP contribution < -0.4 is 9.80 Å². The number of aromatic nitrogens is 2. The number of nitrogens with zero attached hydrogens (tertiary/aromatic N) is 4. The Morgan fingerprint density at radius 1 is 0.250 bits per heavy atom. The smallest absolute Gasteiger partial charge is 0.0583 e. The highest BCUT2D eigenvalue weighted by molar-refractivity contribution is 6.20. The third-order valence-electron chi connectivity index (χ3n) is 12.4. The standard InChI is InChI=1S/C60H42N4/c1-6-21-43(22-7-1)44-37-39-49(40-38-44)64-54-34-19-17-32-52(54)60-57(61(45-23-8-2-9-24-45)46-25-10-3-11-26-46)41-50(42-58(60)64)62(47-27-12-4-13-28-47)55-35-20-36-56-59(55)51-31-16-18-33-53(51)63(56)48-29-14-5-15-30-48/h1-42H. The van der Waals surface area contributed by atoms with Crippen LogP contribution in [-0.2, 0) is 0 Å². The van der Waals surface area contributed by atoms with Crippen molar-refractivity contribution in [3.05, 3.63) is 255 Å². The van der Waals surface area contributed by atoms with Gasteiger partial charge in [0.1, 0.15) is 0 Å². The van der Waals surface area contributed by atoms with E-state index in [2.05, 4.69) is 274 Å². The van der Waals surface area contributed by atoms with E-state index in [0.29, 0.717) is 0 Å². The average Bonchev–Trinajstić information content (AvgIpc) is 3.89. The zero-order chi connectivity index (χ0) is 42.4. The van der Waals surface area contributed by atoms with Crippen LogP contribution in [-0.4, -0.2) is 9.13 Å². The number of anilines is 6. The molecule has 4 heteroatoms. The molecule has 4 nitrogen and oxygen atoms in total. The molecule has 0 saturated heterocycles. The lowest BCUT2D eigenvalue weighted by Crippen LogP contribution is -2.14. The summed E-state index contributed by atoms with van der Waals surface area (Å²) in [7, 11) is 0. The first-order valence-electron chi connectivity index (χ1n) is 21.9. The second-order valence-electron chi connectivity index (χ2n) is 16.2. The highest BCUT2D eigenvalue weighted by Crippen LogP contribution is 2.50. The van der Waals surface area contributed by atoms with Crippen LogP contribution in [0.4, 0.5) is 34.1 Å². The van der Waals surface area contributed by atoms with Gasteiger partial charge in [-0.3, -0.25) is 0 Å². The summed E-state index contributed by atoms with van der Waals surface area (Å²) in [6.45, 7) is 0. The fourth-order valence-corrected chi connectivity index (χ4v) is 9.70. The molecule has 0 N–H and O–H groups in total. The molecule has 0 atom stereocenters. The number of rotatable bonds is 9. The lowest BCUT2D eigenvalue weighted by molar-refractivity contribution is 1.17. The van der Waals surface area contributed by atoms with Gasteiger partial charge in [-0.25, -0.2) is 0 Å². The molecule has 2 aromatic heterocycles. The van der Waals surface area contributed by atoms with Crippen LogP contribution in [0.3, 0.4) is 0 Å². The number of fused-ring (bicyclic) bond motifs is 6. The van der Waals surface area contributed by atoms with Gasteiger partial charge < -0.3 is 18.9 Å². The molecule has 0 radical (unpaired) electrons. The number of para-hydroxylation sites is 6. The van der Waals surface area contributed by atoms with Gasteiger partial charge in [0.2, 0.25) is 0 Å². The molecule has 0 fully saturated rings. The Kier molecular flexibility index (Phi) is 9.12. The van der Waals surface area contributed by atoms with Crippen LogP contribution in [0, 0.1) is 0 Å². The lowest BCUT2D eigenvalue weighted by Gasteiger charge is -2.31. The molecule has 0 aliphatic rings.